The van der Waals surface area contributed by atoms with Crippen LogP contribution in [-0.4, -0.2) is 24.1 Å². The molecule has 0 heterocycles. The fraction of sp³-hybridized carbons (Fsp3) is 1.00. The molecule has 120 valence electrons. The molecule has 1 rings (SSSR count). The quantitative estimate of drug-likeness (QED) is 0.583. The third kappa shape index (κ3) is 5.61. The number of hydrogen-bond donors (Lipinski definition) is 0. The van der Waals surface area contributed by atoms with Gasteiger partial charge in [0.15, 0.2) is 0 Å². The van der Waals surface area contributed by atoms with E-state index in [-0.39, 0.29) is 12.8 Å². The normalized spacial score (nSPS) is 23.4. The highest BCUT2D eigenvalue weighted by molar-refractivity contribution is 7.52. The van der Waals surface area contributed by atoms with E-state index < -0.39 is 38.1 Å². The third-order valence-electron chi connectivity index (χ3n) is 3.03. The molecule has 0 saturated heterocycles. The molecule has 1 aliphatic rings. The average Bonchev–Trinajstić information content (AvgIpc) is 2.24. The van der Waals surface area contributed by atoms with Crippen LogP contribution in [0.15, 0.2) is 0 Å². The third-order valence-corrected chi connectivity index (χ3v) is 4.86. The van der Waals surface area contributed by atoms with E-state index in [4.69, 9.17) is 0 Å². The second-order valence-electron chi connectivity index (χ2n) is 4.78. The first kappa shape index (κ1) is 17.8. The first-order chi connectivity index (χ1) is 8.92. The monoisotopic (exact) mass is 327 g/mol. The highest BCUT2D eigenvalue weighted by Crippen LogP contribution is 2.55. The fourth-order valence-electron chi connectivity index (χ4n) is 2.08. The van der Waals surface area contributed by atoms with Crippen molar-refractivity contribution in [2.24, 2.45) is 0 Å². The van der Waals surface area contributed by atoms with Crippen LogP contribution in [0.3, 0.4) is 0 Å². The summed E-state index contributed by atoms with van der Waals surface area (Å²) in [5.41, 5.74) is -3.54. The largest absolute Gasteiger partial charge is 0.778 e. The second kappa shape index (κ2) is 6.23. The van der Waals surface area contributed by atoms with Gasteiger partial charge in [-0.1, -0.05) is 19.3 Å². The number of rotatable bonds is 4. The summed E-state index contributed by atoms with van der Waals surface area (Å²) in [5.74, 6) is 0. The first-order valence-electron chi connectivity index (χ1n) is 6.04. The lowest BCUT2D eigenvalue weighted by Crippen LogP contribution is -2.38. The zero-order valence-electron chi connectivity index (χ0n) is 10.3. The van der Waals surface area contributed by atoms with E-state index >= 15 is 0 Å². The Kier molecular flexibility index (Phi) is 5.54. The molecule has 1 fully saturated rings. The van der Waals surface area contributed by atoms with Crippen molar-refractivity contribution >= 4 is 7.60 Å². The van der Waals surface area contributed by atoms with Crippen molar-refractivity contribution in [2.45, 2.75) is 62.6 Å². The SMILES string of the molecule is O=P([O-])(OC1CCCCC1)C(CC(F)(F)F)C(F)(F)F. The van der Waals surface area contributed by atoms with E-state index in [2.05, 4.69) is 4.52 Å². The van der Waals surface area contributed by atoms with E-state index in [1.807, 2.05) is 0 Å². The van der Waals surface area contributed by atoms with E-state index in [1.54, 1.807) is 0 Å². The van der Waals surface area contributed by atoms with Crippen LogP contribution in [-0.2, 0) is 9.09 Å². The molecule has 2 atom stereocenters. The minimum Gasteiger partial charge on any atom is -0.778 e. The Balaban J connectivity index is 2.84. The van der Waals surface area contributed by atoms with Gasteiger partial charge in [-0.3, -0.25) is 0 Å². The molecule has 0 aromatic rings. The molecule has 0 radical (unpaired) electrons. The van der Waals surface area contributed by atoms with E-state index in [1.165, 1.54) is 0 Å². The molecule has 0 aromatic carbocycles. The Morgan fingerprint density at radius 2 is 1.60 bits per heavy atom. The summed E-state index contributed by atoms with van der Waals surface area (Å²) in [5, 5.41) is 0. The Morgan fingerprint density at radius 1 is 1.10 bits per heavy atom. The highest BCUT2D eigenvalue weighted by Gasteiger charge is 2.52. The summed E-state index contributed by atoms with van der Waals surface area (Å²) in [6, 6.07) is 0. The van der Waals surface area contributed by atoms with Gasteiger partial charge in [0.25, 0.3) is 0 Å². The number of halogens is 6. The molecular formula is C10H14F6O3P-. The zero-order valence-corrected chi connectivity index (χ0v) is 11.2. The smallest absolute Gasteiger partial charge is 0.399 e. The second-order valence-corrected chi connectivity index (χ2v) is 6.70. The molecular weight excluding hydrogens is 313 g/mol. The number of alkyl halides is 6. The molecule has 0 aromatic heterocycles. The van der Waals surface area contributed by atoms with Gasteiger partial charge >= 0.3 is 12.4 Å². The molecule has 0 bridgehead atoms. The van der Waals surface area contributed by atoms with E-state index in [9.17, 15) is 35.8 Å². The molecule has 0 aliphatic heterocycles. The summed E-state index contributed by atoms with van der Waals surface area (Å²) in [6.45, 7) is 0. The van der Waals surface area contributed by atoms with Crippen molar-refractivity contribution in [3.8, 4) is 0 Å². The fourth-order valence-corrected chi connectivity index (χ4v) is 3.64. The van der Waals surface area contributed by atoms with Gasteiger partial charge in [-0.2, -0.15) is 26.3 Å². The van der Waals surface area contributed by atoms with Crippen LogP contribution >= 0.6 is 7.60 Å². The van der Waals surface area contributed by atoms with Crippen LogP contribution in [0.2, 0.25) is 0 Å². The van der Waals surface area contributed by atoms with Crippen LogP contribution in [0.5, 0.6) is 0 Å². The van der Waals surface area contributed by atoms with E-state index in [0.717, 1.165) is 6.42 Å². The van der Waals surface area contributed by atoms with Gasteiger partial charge in [0.05, 0.1) is 12.5 Å². The molecule has 0 spiro atoms. The molecule has 20 heavy (non-hydrogen) atoms. The van der Waals surface area contributed by atoms with Gasteiger partial charge < -0.3 is 14.0 Å². The molecule has 1 saturated carbocycles. The molecule has 1 aliphatic carbocycles. The molecule has 10 heteroatoms. The van der Waals surface area contributed by atoms with Gasteiger partial charge in [-0.15, -0.1) is 0 Å². The zero-order chi connectivity index (χ0) is 15.6. The Hall–Kier alpha value is -0.270. The average molecular weight is 327 g/mol. The number of hydrogen-bond acceptors (Lipinski definition) is 3. The summed E-state index contributed by atoms with van der Waals surface area (Å²) in [7, 11) is -5.68. The van der Waals surface area contributed by atoms with Crippen molar-refractivity contribution in [1.82, 2.24) is 0 Å². The summed E-state index contributed by atoms with van der Waals surface area (Å²) < 4.78 is 89.9. The molecule has 0 amide bonds. The lowest BCUT2D eigenvalue weighted by atomic mass is 9.98. The van der Waals surface area contributed by atoms with Gasteiger partial charge in [0, 0.05) is 0 Å². The van der Waals surface area contributed by atoms with Gasteiger partial charge in [-0.25, -0.2) is 0 Å². The van der Waals surface area contributed by atoms with Crippen molar-refractivity contribution in [1.29, 1.82) is 0 Å². The maximum atomic E-state index is 12.5. The summed E-state index contributed by atoms with van der Waals surface area (Å²) in [4.78, 5) is 11.5. The van der Waals surface area contributed by atoms with Gasteiger partial charge in [-0.05, 0) is 12.8 Å². The van der Waals surface area contributed by atoms with E-state index in [0.29, 0.717) is 12.8 Å². The standard InChI is InChI=1S/C10H15F6O3P/c11-9(12,13)6-8(10(14,15)16)20(17,18)19-7-4-2-1-3-5-7/h7-8H,1-6H2,(H,17,18)/p-1. The predicted molar refractivity (Wildman–Crippen MR) is 56.1 cm³/mol. The topological polar surface area (TPSA) is 49.4 Å². The summed E-state index contributed by atoms with van der Waals surface area (Å²) in [6.07, 6.45) is -11.7. The van der Waals surface area contributed by atoms with Crippen LogP contribution in [0, 0.1) is 0 Å². The molecule has 2 unspecified atom stereocenters. The maximum Gasteiger partial charge on any atom is 0.399 e. The molecule has 3 nitrogen and oxygen atoms in total. The van der Waals surface area contributed by atoms with Crippen LogP contribution in [0.25, 0.3) is 0 Å². The van der Waals surface area contributed by atoms with Crippen LogP contribution < -0.4 is 4.89 Å². The molecule has 0 N–H and O–H groups in total. The Morgan fingerprint density at radius 3 is 2.00 bits per heavy atom. The Bertz CT molecular complexity index is 361. The van der Waals surface area contributed by atoms with Crippen LogP contribution in [0.1, 0.15) is 38.5 Å². The van der Waals surface area contributed by atoms with Crippen molar-refractivity contribution < 1.29 is 40.3 Å². The van der Waals surface area contributed by atoms with Gasteiger partial charge in [0.2, 0.25) is 0 Å². The first-order valence-corrected chi connectivity index (χ1v) is 7.65. The lowest BCUT2D eigenvalue weighted by Gasteiger charge is -2.37. The predicted octanol–water partition coefficient (Wildman–Crippen LogP) is 3.77. The Labute approximate surface area is 111 Å². The van der Waals surface area contributed by atoms with Gasteiger partial charge in [0.1, 0.15) is 13.3 Å². The van der Waals surface area contributed by atoms with Crippen molar-refractivity contribution in [3.05, 3.63) is 0 Å². The van der Waals surface area contributed by atoms with Crippen LogP contribution in [0.4, 0.5) is 26.3 Å². The summed E-state index contributed by atoms with van der Waals surface area (Å²) >= 11 is 0. The minimum atomic E-state index is -5.68. The lowest BCUT2D eigenvalue weighted by molar-refractivity contribution is -0.233. The highest BCUT2D eigenvalue weighted by atomic mass is 31.2. The van der Waals surface area contributed by atoms with Crippen molar-refractivity contribution in [3.63, 3.8) is 0 Å². The van der Waals surface area contributed by atoms with Crippen molar-refractivity contribution in [2.75, 3.05) is 0 Å². The minimum absolute atomic E-state index is 0.239. The maximum absolute atomic E-state index is 12.5.